The highest BCUT2D eigenvalue weighted by molar-refractivity contribution is 5.89. The average Bonchev–Trinajstić information content (AvgIpc) is 3.09. The van der Waals surface area contributed by atoms with E-state index in [4.69, 9.17) is 14.2 Å². The van der Waals surface area contributed by atoms with Crippen molar-refractivity contribution in [3.05, 3.63) is 59.7 Å². The molecule has 1 saturated carbocycles. The number of esters is 3. The minimum atomic E-state index is -1.60. The molecule has 8 heteroatoms. The number of carbonyl (C=O) groups is 3. The van der Waals surface area contributed by atoms with Crippen molar-refractivity contribution in [2.45, 2.75) is 91.3 Å². The monoisotopic (exact) mass is 542 g/mol. The predicted octanol–water partition coefficient (Wildman–Crippen LogP) is 4.39. The van der Waals surface area contributed by atoms with E-state index in [1.54, 1.807) is 43.3 Å². The van der Waals surface area contributed by atoms with Gasteiger partial charge in [-0.15, -0.1) is 0 Å². The summed E-state index contributed by atoms with van der Waals surface area (Å²) in [5.41, 5.74) is -1.33. The van der Waals surface area contributed by atoms with Crippen molar-refractivity contribution in [3.8, 4) is 0 Å². The van der Waals surface area contributed by atoms with Crippen LogP contribution in [0.1, 0.15) is 71.7 Å². The number of aliphatic hydroxyl groups excluding tert-OH is 1. The molecule has 1 fully saturated rings. The maximum absolute atomic E-state index is 13.1. The number of benzene rings is 1. The summed E-state index contributed by atoms with van der Waals surface area (Å²) in [6.07, 6.45) is 2.40. The van der Waals surface area contributed by atoms with Crippen molar-refractivity contribution in [3.63, 3.8) is 0 Å². The molecule has 0 aromatic heterocycles. The standard InChI is InChI=1S/C31H42O8/c1-18-13-14-30(6,7)26(34)16-25(37-21(4)32)19(2)15-24-27(39-29(35)23-11-9-8-10-12-23)20(3)17-31(24,36)28(18)38-22(5)33/h8-15,18,20,24-28,34,36H,16-17H2,1-7H3/b14-13-,19-15-/t18-,20-,24-,25+,26+,27-,28-,31+/m0/s1. The number of rotatable bonds is 4. The summed E-state index contributed by atoms with van der Waals surface area (Å²) in [7, 11) is 0. The van der Waals surface area contributed by atoms with E-state index in [9.17, 15) is 24.6 Å². The van der Waals surface area contributed by atoms with Gasteiger partial charge in [0.2, 0.25) is 0 Å². The topological polar surface area (TPSA) is 119 Å². The fourth-order valence-corrected chi connectivity index (χ4v) is 5.79. The summed E-state index contributed by atoms with van der Waals surface area (Å²) in [5, 5.41) is 23.5. The van der Waals surface area contributed by atoms with Crippen molar-refractivity contribution in [2.24, 2.45) is 23.2 Å². The van der Waals surface area contributed by atoms with E-state index in [0.717, 1.165) is 0 Å². The van der Waals surface area contributed by atoms with Gasteiger partial charge in [0, 0.05) is 37.5 Å². The quantitative estimate of drug-likeness (QED) is 0.327. The molecule has 2 aliphatic carbocycles. The molecule has 1 aromatic carbocycles. The van der Waals surface area contributed by atoms with Crippen molar-refractivity contribution in [1.29, 1.82) is 0 Å². The first-order valence-electron chi connectivity index (χ1n) is 13.5. The van der Waals surface area contributed by atoms with E-state index >= 15 is 0 Å². The van der Waals surface area contributed by atoms with E-state index in [1.807, 2.05) is 39.8 Å². The predicted molar refractivity (Wildman–Crippen MR) is 145 cm³/mol. The molecule has 0 unspecified atom stereocenters. The Morgan fingerprint density at radius 2 is 1.59 bits per heavy atom. The second kappa shape index (κ2) is 12.0. The lowest BCUT2D eigenvalue weighted by molar-refractivity contribution is -0.173. The summed E-state index contributed by atoms with van der Waals surface area (Å²) in [6.45, 7) is 11.8. The van der Waals surface area contributed by atoms with E-state index in [-0.39, 0.29) is 18.8 Å². The lowest BCUT2D eigenvalue weighted by Gasteiger charge is -2.40. The molecule has 214 valence electrons. The summed E-state index contributed by atoms with van der Waals surface area (Å²) in [6, 6.07) is 8.60. The molecule has 0 spiro atoms. The van der Waals surface area contributed by atoms with Crippen LogP contribution in [-0.4, -0.2) is 58.1 Å². The molecule has 0 radical (unpaired) electrons. The molecule has 2 aliphatic rings. The molecular weight excluding hydrogens is 500 g/mol. The lowest BCUT2D eigenvalue weighted by Crippen LogP contribution is -2.52. The Morgan fingerprint density at radius 1 is 0.974 bits per heavy atom. The minimum Gasteiger partial charge on any atom is -0.459 e. The number of fused-ring (bicyclic) bond motifs is 1. The molecule has 0 saturated heterocycles. The Bertz CT molecular complexity index is 1110. The van der Waals surface area contributed by atoms with Crippen LogP contribution >= 0.6 is 0 Å². The van der Waals surface area contributed by atoms with Gasteiger partial charge in [0.25, 0.3) is 0 Å². The fourth-order valence-electron chi connectivity index (χ4n) is 5.79. The Kier molecular flexibility index (Phi) is 9.44. The third-order valence-corrected chi connectivity index (χ3v) is 8.04. The molecule has 0 amide bonds. The van der Waals surface area contributed by atoms with Crippen LogP contribution < -0.4 is 0 Å². The van der Waals surface area contributed by atoms with Gasteiger partial charge >= 0.3 is 17.9 Å². The fraction of sp³-hybridized carbons (Fsp3) is 0.581. The molecule has 0 aliphatic heterocycles. The maximum Gasteiger partial charge on any atom is 0.338 e. The number of hydrogen-bond acceptors (Lipinski definition) is 8. The van der Waals surface area contributed by atoms with Crippen LogP contribution in [0.25, 0.3) is 0 Å². The smallest absolute Gasteiger partial charge is 0.338 e. The zero-order valence-electron chi connectivity index (χ0n) is 23.9. The highest BCUT2D eigenvalue weighted by Crippen LogP contribution is 2.48. The van der Waals surface area contributed by atoms with E-state index in [0.29, 0.717) is 11.1 Å². The first-order chi connectivity index (χ1) is 18.2. The van der Waals surface area contributed by atoms with Crippen LogP contribution in [0.5, 0.6) is 0 Å². The average molecular weight is 543 g/mol. The summed E-state index contributed by atoms with van der Waals surface area (Å²) >= 11 is 0. The van der Waals surface area contributed by atoms with E-state index in [2.05, 4.69) is 0 Å². The van der Waals surface area contributed by atoms with Crippen LogP contribution in [0.2, 0.25) is 0 Å². The third-order valence-electron chi connectivity index (χ3n) is 8.04. The second-order valence-electron chi connectivity index (χ2n) is 11.8. The van der Waals surface area contributed by atoms with Gasteiger partial charge in [-0.3, -0.25) is 9.59 Å². The largest absolute Gasteiger partial charge is 0.459 e. The van der Waals surface area contributed by atoms with Gasteiger partial charge in [-0.05, 0) is 37.0 Å². The van der Waals surface area contributed by atoms with Crippen LogP contribution in [0.15, 0.2) is 54.1 Å². The molecule has 3 rings (SSSR count). The highest BCUT2D eigenvalue weighted by Gasteiger charge is 2.58. The van der Waals surface area contributed by atoms with E-state index < -0.39 is 65.2 Å². The minimum absolute atomic E-state index is 0.135. The van der Waals surface area contributed by atoms with Crippen LogP contribution in [-0.2, 0) is 23.8 Å². The second-order valence-corrected chi connectivity index (χ2v) is 11.8. The number of hydrogen-bond donors (Lipinski definition) is 2. The van der Waals surface area contributed by atoms with Crippen molar-refractivity contribution in [2.75, 3.05) is 0 Å². The normalized spacial score (nSPS) is 36.6. The van der Waals surface area contributed by atoms with Crippen LogP contribution in [0.3, 0.4) is 0 Å². The van der Waals surface area contributed by atoms with Crippen molar-refractivity contribution < 1.29 is 38.8 Å². The first kappa shape index (κ1) is 30.6. The Hall–Kier alpha value is -2.97. The Balaban J connectivity index is 2.16. The van der Waals surface area contributed by atoms with Crippen molar-refractivity contribution >= 4 is 17.9 Å². The summed E-state index contributed by atoms with van der Waals surface area (Å²) in [4.78, 5) is 37.4. The zero-order chi connectivity index (χ0) is 29.1. The lowest BCUT2D eigenvalue weighted by atomic mass is 9.75. The zero-order valence-corrected chi connectivity index (χ0v) is 23.9. The van der Waals surface area contributed by atoms with Gasteiger partial charge < -0.3 is 24.4 Å². The number of ether oxygens (including phenoxy) is 3. The number of carbonyl (C=O) groups excluding carboxylic acids is 3. The van der Waals surface area contributed by atoms with Gasteiger partial charge in [-0.25, -0.2) is 4.79 Å². The Morgan fingerprint density at radius 3 is 2.18 bits per heavy atom. The van der Waals surface area contributed by atoms with Crippen molar-refractivity contribution in [1.82, 2.24) is 0 Å². The van der Waals surface area contributed by atoms with Gasteiger partial charge in [0.1, 0.15) is 23.9 Å². The molecule has 8 atom stereocenters. The molecule has 8 nitrogen and oxygen atoms in total. The molecule has 1 aromatic rings. The summed E-state index contributed by atoms with van der Waals surface area (Å²) < 4.78 is 17.4. The maximum atomic E-state index is 13.1. The Labute approximate surface area is 231 Å². The van der Waals surface area contributed by atoms with Gasteiger partial charge in [0.05, 0.1) is 11.7 Å². The van der Waals surface area contributed by atoms with Gasteiger partial charge in [-0.2, -0.15) is 0 Å². The molecule has 2 N–H and O–H groups in total. The van der Waals surface area contributed by atoms with Crippen LogP contribution in [0.4, 0.5) is 0 Å². The first-order valence-corrected chi connectivity index (χ1v) is 13.5. The molecular formula is C31H42O8. The number of aliphatic hydroxyl groups is 2. The van der Waals surface area contributed by atoms with Crippen LogP contribution in [0, 0.1) is 23.2 Å². The molecule has 0 heterocycles. The molecule has 0 bridgehead atoms. The SMILES string of the molecule is CC(=O)O[C@@H]1C[C@@H](O)C(C)(C)/C=C\[C@H](C)[C@H](OC(C)=O)[C@@]2(O)C[C@H](C)[C@H](OC(=O)c3ccccc3)[C@@H]2/C=C\1C. The van der Waals surface area contributed by atoms with Gasteiger partial charge in [-0.1, -0.05) is 64.1 Å². The van der Waals surface area contributed by atoms with Gasteiger partial charge in [0.15, 0.2) is 0 Å². The molecule has 39 heavy (non-hydrogen) atoms. The van der Waals surface area contributed by atoms with E-state index in [1.165, 1.54) is 13.8 Å². The summed E-state index contributed by atoms with van der Waals surface area (Å²) in [5.74, 6) is -3.09. The highest BCUT2D eigenvalue weighted by atomic mass is 16.6. The third kappa shape index (κ3) is 6.97.